The lowest BCUT2D eigenvalue weighted by molar-refractivity contribution is -0.116. The van der Waals surface area contributed by atoms with Gasteiger partial charge >= 0.3 is 0 Å². The molecule has 0 atom stereocenters. The maximum atomic E-state index is 11.8. The molecule has 106 valence electrons. The van der Waals surface area contributed by atoms with E-state index in [-0.39, 0.29) is 12.5 Å². The van der Waals surface area contributed by atoms with Crippen molar-refractivity contribution < 1.29 is 4.79 Å². The summed E-state index contributed by atoms with van der Waals surface area (Å²) in [5, 5.41) is 24.4. The van der Waals surface area contributed by atoms with Gasteiger partial charge in [0.05, 0.1) is 5.69 Å². The normalized spacial score (nSPS) is 10.5. The Morgan fingerprint density at radius 1 is 1.19 bits per heavy atom. The number of hydrogen-bond donors (Lipinski definition) is 1. The van der Waals surface area contributed by atoms with Crippen LogP contribution in [0.1, 0.15) is 5.56 Å². The van der Waals surface area contributed by atoms with Crippen molar-refractivity contribution in [3.05, 3.63) is 36.4 Å². The van der Waals surface area contributed by atoms with E-state index in [1.54, 1.807) is 10.7 Å². The zero-order valence-corrected chi connectivity index (χ0v) is 11.1. The number of tetrazole rings is 2. The van der Waals surface area contributed by atoms with Crippen LogP contribution in [0, 0.1) is 6.92 Å². The van der Waals surface area contributed by atoms with E-state index in [9.17, 15) is 4.79 Å². The van der Waals surface area contributed by atoms with Gasteiger partial charge in [-0.1, -0.05) is 0 Å². The highest BCUT2D eigenvalue weighted by atomic mass is 16.2. The van der Waals surface area contributed by atoms with Crippen molar-refractivity contribution >= 4 is 11.6 Å². The Morgan fingerprint density at radius 3 is 2.67 bits per heavy atom. The van der Waals surface area contributed by atoms with Crippen molar-refractivity contribution in [3.8, 4) is 5.69 Å². The lowest BCUT2D eigenvalue weighted by Crippen LogP contribution is -2.19. The molecule has 0 bridgehead atoms. The number of amides is 1. The molecule has 0 aliphatic heterocycles. The SMILES string of the molecule is Cc1cc(NC(=O)Cn2cnnn2)ccc1-n1cnnn1. The lowest BCUT2D eigenvalue weighted by Gasteiger charge is -2.09. The first-order valence-electron chi connectivity index (χ1n) is 6.07. The van der Waals surface area contributed by atoms with Gasteiger partial charge in [0.25, 0.3) is 0 Å². The second kappa shape index (κ2) is 5.45. The third-order valence-electron chi connectivity index (χ3n) is 2.77. The van der Waals surface area contributed by atoms with Crippen molar-refractivity contribution in [1.82, 2.24) is 40.4 Å². The van der Waals surface area contributed by atoms with E-state index in [1.165, 1.54) is 17.3 Å². The summed E-state index contributed by atoms with van der Waals surface area (Å²) in [7, 11) is 0. The minimum absolute atomic E-state index is 0.0563. The van der Waals surface area contributed by atoms with E-state index in [1.807, 2.05) is 19.1 Å². The quantitative estimate of drug-likeness (QED) is 0.692. The molecule has 0 spiro atoms. The van der Waals surface area contributed by atoms with E-state index < -0.39 is 0 Å². The second-order valence-corrected chi connectivity index (χ2v) is 4.31. The Morgan fingerprint density at radius 2 is 2.00 bits per heavy atom. The molecule has 1 N–H and O–H groups in total. The van der Waals surface area contributed by atoms with Crippen LogP contribution >= 0.6 is 0 Å². The van der Waals surface area contributed by atoms with Crippen LogP contribution in [-0.2, 0) is 11.3 Å². The fourth-order valence-corrected chi connectivity index (χ4v) is 1.86. The first-order chi connectivity index (χ1) is 10.2. The molecule has 3 aromatic rings. The summed E-state index contributed by atoms with van der Waals surface area (Å²) in [6.45, 7) is 1.97. The number of nitrogens with zero attached hydrogens (tertiary/aromatic N) is 8. The van der Waals surface area contributed by atoms with Gasteiger partial charge < -0.3 is 5.32 Å². The van der Waals surface area contributed by atoms with Gasteiger partial charge in [-0.15, -0.1) is 10.2 Å². The fourth-order valence-electron chi connectivity index (χ4n) is 1.86. The second-order valence-electron chi connectivity index (χ2n) is 4.31. The highest BCUT2D eigenvalue weighted by Gasteiger charge is 2.07. The monoisotopic (exact) mass is 285 g/mol. The van der Waals surface area contributed by atoms with E-state index in [4.69, 9.17) is 0 Å². The van der Waals surface area contributed by atoms with Crippen LogP contribution in [0.2, 0.25) is 0 Å². The Hall–Kier alpha value is -3.17. The molecule has 3 rings (SSSR count). The summed E-state index contributed by atoms with van der Waals surface area (Å²) in [5.41, 5.74) is 2.46. The summed E-state index contributed by atoms with van der Waals surface area (Å²) in [4.78, 5) is 11.8. The number of rotatable bonds is 4. The number of hydrogen-bond acceptors (Lipinski definition) is 7. The Kier molecular flexibility index (Phi) is 3.33. The molecular weight excluding hydrogens is 274 g/mol. The molecule has 10 heteroatoms. The molecule has 0 saturated carbocycles. The van der Waals surface area contributed by atoms with E-state index in [0.29, 0.717) is 5.69 Å². The molecule has 0 saturated heterocycles. The molecule has 1 amide bonds. The van der Waals surface area contributed by atoms with Crippen molar-refractivity contribution in [2.45, 2.75) is 13.5 Å². The summed E-state index contributed by atoms with van der Waals surface area (Å²) in [6, 6.07) is 5.45. The molecule has 0 aliphatic carbocycles. The van der Waals surface area contributed by atoms with Crippen molar-refractivity contribution in [3.63, 3.8) is 0 Å². The number of nitrogens with one attached hydrogen (secondary N) is 1. The zero-order valence-electron chi connectivity index (χ0n) is 11.1. The van der Waals surface area contributed by atoms with Crippen LogP contribution in [0.3, 0.4) is 0 Å². The third kappa shape index (κ3) is 2.88. The molecule has 21 heavy (non-hydrogen) atoms. The summed E-state index contributed by atoms with van der Waals surface area (Å²) < 4.78 is 2.90. The molecule has 2 aromatic heterocycles. The standard InChI is InChI=1S/C11H11N9O/c1-8-4-9(2-3-10(8)20-7-13-16-18-20)14-11(21)5-19-6-12-15-17-19/h2-4,6-7H,5H2,1H3,(H,14,21). The first kappa shape index (κ1) is 12.8. The molecular formula is C11H11N9O. The van der Waals surface area contributed by atoms with Gasteiger partial charge in [-0.05, 0) is 51.5 Å². The van der Waals surface area contributed by atoms with Crippen LogP contribution < -0.4 is 5.32 Å². The van der Waals surface area contributed by atoms with Gasteiger partial charge in [-0.3, -0.25) is 4.79 Å². The van der Waals surface area contributed by atoms with Crippen molar-refractivity contribution in [2.75, 3.05) is 5.32 Å². The third-order valence-corrected chi connectivity index (χ3v) is 2.77. The summed E-state index contributed by atoms with van der Waals surface area (Å²) >= 11 is 0. The van der Waals surface area contributed by atoms with Crippen LogP contribution in [0.25, 0.3) is 5.69 Å². The molecule has 1 aromatic carbocycles. The average molecular weight is 285 g/mol. The zero-order chi connectivity index (χ0) is 14.7. The Balaban J connectivity index is 1.72. The maximum absolute atomic E-state index is 11.8. The molecule has 0 fully saturated rings. The van der Waals surface area contributed by atoms with Gasteiger partial charge in [0.2, 0.25) is 5.91 Å². The topological polar surface area (TPSA) is 116 Å². The van der Waals surface area contributed by atoms with Gasteiger partial charge in [0.15, 0.2) is 0 Å². The fraction of sp³-hybridized carbons (Fsp3) is 0.182. The minimum atomic E-state index is -0.211. The molecule has 0 aliphatic rings. The first-order valence-corrected chi connectivity index (χ1v) is 6.07. The number of anilines is 1. The molecule has 2 heterocycles. The predicted octanol–water partition coefficient (Wildman–Crippen LogP) is -0.404. The van der Waals surface area contributed by atoms with Crippen LogP contribution in [0.4, 0.5) is 5.69 Å². The van der Waals surface area contributed by atoms with E-state index in [0.717, 1.165) is 11.3 Å². The summed E-state index contributed by atoms with van der Waals surface area (Å²) in [6.07, 6.45) is 2.89. The van der Waals surface area contributed by atoms with Gasteiger partial charge in [-0.2, -0.15) is 0 Å². The van der Waals surface area contributed by atoms with Gasteiger partial charge in [-0.25, -0.2) is 9.36 Å². The van der Waals surface area contributed by atoms with Crippen molar-refractivity contribution in [1.29, 1.82) is 0 Å². The van der Waals surface area contributed by atoms with Gasteiger partial charge in [0.1, 0.15) is 19.2 Å². The highest BCUT2D eigenvalue weighted by molar-refractivity contribution is 5.90. The maximum Gasteiger partial charge on any atom is 0.246 e. The van der Waals surface area contributed by atoms with Crippen LogP contribution in [-0.4, -0.2) is 46.3 Å². The highest BCUT2D eigenvalue weighted by Crippen LogP contribution is 2.17. The number of benzene rings is 1. The number of aryl methyl sites for hydroxylation is 1. The summed E-state index contributed by atoms with van der Waals surface area (Å²) in [5.74, 6) is -0.211. The number of carbonyl (C=O) groups excluding carboxylic acids is 1. The van der Waals surface area contributed by atoms with Gasteiger partial charge in [0, 0.05) is 5.69 Å². The van der Waals surface area contributed by atoms with E-state index in [2.05, 4.69) is 36.4 Å². The molecule has 0 unspecified atom stereocenters. The number of aromatic nitrogens is 8. The van der Waals surface area contributed by atoms with Crippen molar-refractivity contribution in [2.24, 2.45) is 0 Å². The predicted molar refractivity (Wildman–Crippen MR) is 70.3 cm³/mol. The molecule has 0 radical (unpaired) electrons. The lowest BCUT2D eigenvalue weighted by atomic mass is 10.2. The van der Waals surface area contributed by atoms with E-state index >= 15 is 0 Å². The Bertz CT molecular complexity index is 735. The molecule has 10 nitrogen and oxygen atoms in total. The largest absolute Gasteiger partial charge is 0.324 e. The average Bonchev–Trinajstić information content (AvgIpc) is 3.11. The smallest absolute Gasteiger partial charge is 0.246 e. The van der Waals surface area contributed by atoms with Crippen LogP contribution in [0.15, 0.2) is 30.9 Å². The minimum Gasteiger partial charge on any atom is -0.324 e. The van der Waals surface area contributed by atoms with Crippen LogP contribution in [0.5, 0.6) is 0 Å². The number of carbonyl (C=O) groups is 1. The Labute approximate surface area is 118 Å².